The zero-order chi connectivity index (χ0) is 13.0. The number of ether oxygens (including phenoxy) is 1. The fourth-order valence-electron chi connectivity index (χ4n) is 1.54. The highest BCUT2D eigenvalue weighted by atomic mass is 35.5. The van der Waals surface area contributed by atoms with Crippen molar-refractivity contribution in [3.8, 4) is 11.5 Å². The summed E-state index contributed by atoms with van der Waals surface area (Å²) in [5.41, 5.74) is 6.52. The number of nitrogen functional groups attached to an aromatic ring is 1. The van der Waals surface area contributed by atoms with Gasteiger partial charge in [0.15, 0.2) is 5.78 Å². The van der Waals surface area contributed by atoms with E-state index < -0.39 is 0 Å². The van der Waals surface area contributed by atoms with Crippen LogP contribution < -0.4 is 10.5 Å². The molecule has 92 valence electrons. The molecule has 0 aliphatic rings. The Morgan fingerprint density at radius 3 is 2.50 bits per heavy atom. The Bertz CT molecular complexity index is 555. The number of ketones is 1. The van der Waals surface area contributed by atoms with E-state index in [0.717, 1.165) is 0 Å². The topological polar surface area (TPSA) is 52.3 Å². The van der Waals surface area contributed by atoms with E-state index in [9.17, 15) is 4.79 Å². The lowest BCUT2D eigenvalue weighted by atomic mass is 10.1. The summed E-state index contributed by atoms with van der Waals surface area (Å²) < 4.78 is 5.62. The first-order chi connectivity index (χ1) is 8.70. The number of carbonyl (C=O) groups is 1. The van der Waals surface area contributed by atoms with Crippen LogP contribution in [-0.4, -0.2) is 11.7 Å². The van der Waals surface area contributed by atoms with E-state index >= 15 is 0 Å². The normalized spacial score (nSPS) is 10.1. The molecule has 0 aliphatic carbocycles. The maximum absolute atomic E-state index is 11.6. The second kappa shape index (κ2) is 5.56. The minimum absolute atomic E-state index is 0.0982. The van der Waals surface area contributed by atoms with E-state index in [1.54, 1.807) is 18.2 Å². The molecule has 0 radical (unpaired) electrons. The second-order valence-corrected chi connectivity index (χ2v) is 3.99. The minimum atomic E-state index is -0.215. The number of benzene rings is 2. The van der Waals surface area contributed by atoms with E-state index in [1.807, 2.05) is 30.3 Å². The molecule has 18 heavy (non-hydrogen) atoms. The number of hydrogen-bond donors (Lipinski definition) is 1. The Hall–Kier alpha value is -2.00. The molecule has 2 aromatic rings. The number of hydrogen-bond acceptors (Lipinski definition) is 3. The van der Waals surface area contributed by atoms with Crippen molar-refractivity contribution in [3.63, 3.8) is 0 Å². The van der Waals surface area contributed by atoms with Gasteiger partial charge in [0.2, 0.25) is 0 Å². The van der Waals surface area contributed by atoms with Crippen LogP contribution in [0.5, 0.6) is 11.5 Å². The molecule has 0 fully saturated rings. The number of nitrogens with two attached hydrogens (primary N) is 1. The molecule has 4 heteroatoms. The van der Waals surface area contributed by atoms with Gasteiger partial charge in [-0.25, -0.2) is 0 Å². The van der Waals surface area contributed by atoms with Crippen LogP contribution in [0.1, 0.15) is 10.4 Å². The average molecular weight is 262 g/mol. The molecule has 0 aromatic heterocycles. The summed E-state index contributed by atoms with van der Waals surface area (Å²) in [4.78, 5) is 11.6. The molecule has 3 nitrogen and oxygen atoms in total. The van der Waals surface area contributed by atoms with Crippen molar-refractivity contribution in [1.29, 1.82) is 0 Å². The summed E-state index contributed by atoms with van der Waals surface area (Å²) in [6.45, 7) is 0. The predicted octanol–water partition coefficient (Wildman–Crippen LogP) is 3.48. The molecule has 0 amide bonds. The van der Waals surface area contributed by atoms with Gasteiger partial charge >= 0.3 is 0 Å². The van der Waals surface area contributed by atoms with Crippen molar-refractivity contribution in [1.82, 2.24) is 0 Å². The molecule has 0 saturated carbocycles. The third kappa shape index (κ3) is 2.81. The number of Topliss-reactive ketones (excluding diaryl/α,β-unsaturated/α-hetero) is 1. The largest absolute Gasteiger partial charge is 0.457 e. The van der Waals surface area contributed by atoms with Crippen molar-refractivity contribution >= 4 is 23.1 Å². The highest BCUT2D eigenvalue weighted by molar-refractivity contribution is 6.31. The molecular formula is C14H12ClNO2. The van der Waals surface area contributed by atoms with Gasteiger partial charge in [0.1, 0.15) is 11.5 Å². The van der Waals surface area contributed by atoms with Crippen molar-refractivity contribution in [2.45, 2.75) is 0 Å². The van der Waals surface area contributed by atoms with Gasteiger partial charge in [0.05, 0.1) is 5.88 Å². The highest BCUT2D eigenvalue weighted by Crippen LogP contribution is 2.25. The van der Waals surface area contributed by atoms with E-state index in [0.29, 0.717) is 22.7 Å². The summed E-state index contributed by atoms with van der Waals surface area (Å²) in [5.74, 6) is 0.946. The quantitative estimate of drug-likeness (QED) is 0.521. The number of anilines is 1. The molecule has 0 aliphatic heterocycles. The molecular weight excluding hydrogens is 250 g/mol. The summed E-state index contributed by atoms with van der Waals surface area (Å²) in [5, 5.41) is 0. The predicted molar refractivity (Wildman–Crippen MR) is 72.4 cm³/mol. The first kappa shape index (κ1) is 12.5. The lowest BCUT2D eigenvalue weighted by Crippen LogP contribution is -2.05. The van der Waals surface area contributed by atoms with Gasteiger partial charge in [0.25, 0.3) is 0 Å². The Morgan fingerprint density at radius 1 is 1.11 bits per heavy atom. The van der Waals surface area contributed by atoms with Gasteiger partial charge < -0.3 is 10.5 Å². The lowest BCUT2D eigenvalue weighted by Gasteiger charge is -2.08. The van der Waals surface area contributed by atoms with Gasteiger partial charge in [-0.2, -0.15) is 0 Å². The van der Waals surface area contributed by atoms with Crippen LogP contribution in [-0.2, 0) is 0 Å². The number of para-hydroxylation sites is 1. The van der Waals surface area contributed by atoms with Crippen molar-refractivity contribution in [2.24, 2.45) is 0 Å². The van der Waals surface area contributed by atoms with Crippen LogP contribution in [0.4, 0.5) is 5.69 Å². The summed E-state index contributed by atoms with van der Waals surface area (Å²) >= 11 is 5.53. The smallest absolute Gasteiger partial charge is 0.179 e. The van der Waals surface area contributed by atoms with Crippen LogP contribution in [0, 0.1) is 0 Å². The monoisotopic (exact) mass is 261 g/mol. The van der Waals surface area contributed by atoms with E-state index in [4.69, 9.17) is 22.1 Å². The van der Waals surface area contributed by atoms with Gasteiger partial charge in [-0.1, -0.05) is 18.2 Å². The van der Waals surface area contributed by atoms with Crippen LogP contribution in [0.25, 0.3) is 0 Å². The van der Waals surface area contributed by atoms with Gasteiger partial charge in [0, 0.05) is 11.3 Å². The van der Waals surface area contributed by atoms with E-state index in [1.165, 1.54) is 0 Å². The molecule has 0 bridgehead atoms. The first-order valence-corrected chi connectivity index (χ1v) is 5.96. The van der Waals surface area contributed by atoms with Crippen molar-refractivity contribution in [3.05, 3.63) is 54.1 Å². The third-order valence-corrected chi connectivity index (χ3v) is 2.67. The minimum Gasteiger partial charge on any atom is -0.457 e. The Kier molecular flexibility index (Phi) is 3.85. The summed E-state index contributed by atoms with van der Waals surface area (Å²) in [7, 11) is 0. The number of halogens is 1. The number of rotatable bonds is 4. The summed E-state index contributed by atoms with van der Waals surface area (Å²) in [6.07, 6.45) is 0. The molecule has 0 saturated heterocycles. The van der Waals surface area contributed by atoms with Crippen LogP contribution in [0.15, 0.2) is 48.5 Å². The van der Waals surface area contributed by atoms with Crippen LogP contribution in [0.3, 0.4) is 0 Å². The Labute approximate surface area is 110 Å². The summed E-state index contributed by atoms with van der Waals surface area (Å²) in [6, 6.07) is 14.3. The second-order valence-electron chi connectivity index (χ2n) is 3.72. The SMILES string of the molecule is Nc1ccc(Oc2ccccc2)cc1C(=O)CCl. The van der Waals surface area contributed by atoms with Crippen LogP contribution >= 0.6 is 11.6 Å². The van der Waals surface area contributed by atoms with Gasteiger partial charge in [-0.05, 0) is 30.3 Å². The zero-order valence-electron chi connectivity index (χ0n) is 9.60. The molecule has 0 heterocycles. The first-order valence-electron chi connectivity index (χ1n) is 5.42. The standard InChI is InChI=1S/C14H12ClNO2/c15-9-14(17)12-8-11(6-7-13(12)16)18-10-4-2-1-3-5-10/h1-8H,9,16H2. The highest BCUT2D eigenvalue weighted by Gasteiger charge is 2.10. The average Bonchev–Trinajstić information content (AvgIpc) is 2.41. The lowest BCUT2D eigenvalue weighted by molar-refractivity contribution is 0.102. The maximum Gasteiger partial charge on any atom is 0.179 e. The molecule has 0 unspecified atom stereocenters. The third-order valence-electron chi connectivity index (χ3n) is 2.43. The Morgan fingerprint density at radius 2 is 1.83 bits per heavy atom. The maximum atomic E-state index is 11.6. The molecule has 0 atom stereocenters. The van der Waals surface area contributed by atoms with Gasteiger partial charge in [-0.3, -0.25) is 4.79 Å². The molecule has 2 N–H and O–H groups in total. The fourth-order valence-corrected chi connectivity index (χ4v) is 1.68. The molecule has 2 aromatic carbocycles. The van der Waals surface area contributed by atoms with Gasteiger partial charge in [-0.15, -0.1) is 11.6 Å². The fraction of sp³-hybridized carbons (Fsp3) is 0.0714. The van der Waals surface area contributed by atoms with E-state index in [-0.39, 0.29) is 11.7 Å². The van der Waals surface area contributed by atoms with Crippen molar-refractivity contribution in [2.75, 3.05) is 11.6 Å². The van der Waals surface area contributed by atoms with E-state index in [2.05, 4.69) is 0 Å². The molecule has 2 rings (SSSR count). The van der Waals surface area contributed by atoms with Crippen LogP contribution in [0.2, 0.25) is 0 Å². The number of carbonyl (C=O) groups excluding carboxylic acids is 1. The number of alkyl halides is 1. The van der Waals surface area contributed by atoms with Crippen molar-refractivity contribution < 1.29 is 9.53 Å². The molecule has 0 spiro atoms. The zero-order valence-corrected chi connectivity index (χ0v) is 10.4. The Balaban J connectivity index is 2.27.